The molecule has 4 rings (SSSR count). The van der Waals surface area contributed by atoms with Crippen LogP contribution in [0.15, 0.2) is 54.6 Å². The first-order valence-electron chi connectivity index (χ1n) is 8.05. The first-order valence-corrected chi connectivity index (χ1v) is 8.87. The predicted molar refractivity (Wildman–Crippen MR) is 98.2 cm³/mol. The van der Waals surface area contributed by atoms with E-state index < -0.39 is 5.97 Å². The Balaban J connectivity index is 1.93. The number of nitrogens with one attached hydrogen (secondary N) is 1. The van der Waals surface area contributed by atoms with Gasteiger partial charge in [0, 0.05) is 22.8 Å². The van der Waals surface area contributed by atoms with E-state index in [2.05, 4.69) is 5.32 Å². The number of thiophene rings is 1. The van der Waals surface area contributed by atoms with Crippen LogP contribution in [0.4, 0.5) is 10.1 Å². The van der Waals surface area contributed by atoms with Gasteiger partial charge in [-0.15, -0.1) is 11.3 Å². The Morgan fingerprint density at radius 1 is 1.12 bits per heavy atom. The molecule has 4 nitrogen and oxygen atoms in total. The summed E-state index contributed by atoms with van der Waals surface area (Å²) >= 11 is 1.17. The molecule has 0 saturated heterocycles. The summed E-state index contributed by atoms with van der Waals surface area (Å²) in [6.45, 7) is 0. The number of aromatic carboxylic acids is 1. The van der Waals surface area contributed by atoms with Crippen molar-refractivity contribution in [3.63, 3.8) is 0 Å². The number of anilines is 1. The molecule has 0 unspecified atom stereocenters. The molecule has 0 saturated carbocycles. The lowest BCUT2D eigenvalue weighted by atomic mass is 9.88. The Hall–Kier alpha value is -2.99. The second kappa shape index (κ2) is 6.38. The Bertz CT molecular complexity index is 996. The Morgan fingerprint density at radius 2 is 1.81 bits per heavy atom. The number of carbonyl (C=O) groups excluding carboxylic acids is 1. The van der Waals surface area contributed by atoms with Gasteiger partial charge >= 0.3 is 5.97 Å². The summed E-state index contributed by atoms with van der Waals surface area (Å²) in [4.78, 5) is 25.1. The fraction of sp³-hybridized carbons (Fsp3) is 0.100. The molecule has 0 radical (unpaired) electrons. The zero-order valence-corrected chi connectivity index (χ0v) is 14.3. The van der Waals surface area contributed by atoms with Crippen molar-refractivity contribution < 1.29 is 19.1 Å². The van der Waals surface area contributed by atoms with Gasteiger partial charge < -0.3 is 10.4 Å². The molecule has 0 spiro atoms. The van der Waals surface area contributed by atoms with Gasteiger partial charge in [-0.1, -0.05) is 42.5 Å². The summed E-state index contributed by atoms with van der Waals surface area (Å²) in [5, 5.41) is 12.5. The zero-order chi connectivity index (χ0) is 18.3. The Morgan fingerprint density at radius 3 is 2.46 bits per heavy atom. The number of hydrogen-bond donors (Lipinski definition) is 2. The van der Waals surface area contributed by atoms with Crippen molar-refractivity contribution in [2.75, 3.05) is 5.32 Å². The van der Waals surface area contributed by atoms with Gasteiger partial charge in [-0.05, 0) is 23.3 Å². The van der Waals surface area contributed by atoms with Crippen molar-refractivity contribution in [3.8, 4) is 11.1 Å². The summed E-state index contributed by atoms with van der Waals surface area (Å²) in [6.07, 6.45) is 0.201. The molecule has 0 fully saturated rings. The predicted octanol–water partition coefficient (Wildman–Crippen LogP) is 4.73. The Kier molecular flexibility index (Phi) is 4.05. The highest BCUT2D eigenvalue weighted by atomic mass is 32.1. The number of rotatable bonds is 3. The molecule has 0 aliphatic carbocycles. The van der Waals surface area contributed by atoms with Crippen molar-refractivity contribution >= 4 is 28.9 Å². The fourth-order valence-corrected chi connectivity index (χ4v) is 4.53. The molecular weight excluding hydrogens is 353 g/mol. The number of benzene rings is 2. The molecule has 2 heterocycles. The van der Waals surface area contributed by atoms with Gasteiger partial charge in [0.2, 0.25) is 5.91 Å². The van der Waals surface area contributed by atoms with E-state index >= 15 is 0 Å². The number of carboxylic acids is 1. The van der Waals surface area contributed by atoms with Gasteiger partial charge in [-0.3, -0.25) is 4.79 Å². The molecule has 1 aliphatic heterocycles. The van der Waals surface area contributed by atoms with Crippen molar-refractivity contribution in [2.24, 2.45) is 0 Å². The van der Waals surface area contributed by atoms with E-state index in [0.717, 1.165) is 16.0 Å². The summed E-state index contributed by atoms with van der Waals surface area (Å²) in [7, 11) is 0. The van der Waals surface area contributed by atoms with Gasteiger partial charge in [0.05, 0.1) is 5.69 Å². The third kappa shape index (κ3) is 2.78. The van der Waals surface area contributed by atoms with Gasteiger partial charge in [-0.2, -0.15) is 0 Å². The molecule has 1 aromatic heterocycles. The Labute approximate surface area is 152 Å². The van der Waals surface area contributed by atoms with E-state index in [9.17, 15) is 19.1 Å². The maximum atomic E-state index is 13.3. The molecule has 2 N–H and O–H groups in total. The minimum Gasteiger partial charge on any atom is -0.477 e. The molecular formula is C20H14FNO3S. The van der Waals surface area contributed by atoms with Gasteiger partial charge in [-0.25, -0.2) is 9.18 Å². The lowest BCUT2D eigenvalue weighted by Gasteiger charge is -2.23. The van der Waals surface area contributed by atoms with Crippen molar-refractivity contribution in [2.45, 2.75) is 12.3 Å². The van der Waals surface area contributed by atoms with E-state index in [1.165, 1.54) is 23.5 Å². The summed E-state index contributed by atoms with van der Waals surface area (Å²) in [6, 6.07) is 15.1. The molecule has 1 aliphatic rings. The van der Waals surface area contributed by atoms with Crippen LogP contribution >= 0.6 is 11.3 Å². The molecule has 1 amide bonds. The van der Waals surface area contributed by atoms with Crippen molar-refractivity contribution in [1.82, 2.24) is 0 Å². The minimum absolute atomic E-state index is 0.182. The summed E-state index contributed by atoms with van der Waals surface area (Å²) in [5.74, 6) is -1.86. The average molecular weight is 367 g/mol. The molecule has 2 aromatic carbocycles. The van der Waals surface area contributed by atoms with E-state index in [0.29, 0.717) is 11.3 Å². The maximum Gasteiger partial charge on any atom is 0.346 e. The van der Waals surface area contributed by atoms with Gasteiger partial charge in [0.25, 0.3) is 0 Å². The van der Waals surface area contributed by atoms with Gasteiger partial charge in [0.1, 0.15) is 10.7 Å². The first kappa shape index (κ1) is 16.5. The van der Waals surface area contributed by atoms with Crippen LogP contribution in [-0.2, 0) is 4.79 Å². The highest BCUT2D eigenvalue weighted by Gasteiger charge is 2.34. The number of carbonyl (C=O) groups is 2. The maximum absolute atomic E-state index is 13.3. The van der Waals surface area contributed by atoms with Crippen molar-refractivity contribution in [3.05, 3.63) is 75.7 Å². The van der Waals surface area contributed by atoms with E-state index in [1.54, 1.807) is 12.1 Å². The second-order valence-corrected chi connectivity index (χ2v) is 7.13. The van der Waals surface area contributed by atoms with Crippen LogP contribution in [0.1, 0.15) is 32.5 Å². The van der Waals surface area contributed by atoms with Gasteiger partial charge in [0.15, 0.2) is 0 Å². The van der Waals surface area contributed by atoms with Crippen LogP contribution in [0.25, 0.3) is 11.1 Å². The van der Waals surface area contributed by atoms with Crippen LogP contribution in [0.3, 0.4) is 0 Å². The normalized spacial score (nSPS) is 16.0. The third-order valence-electron chi connectivity index (χ3n) is 4.43. The molecule has 0 bridgehead atoms. The number of amides is 1. The first-order chi connectivity index (χ1) is 12.5. The highest BCUT2D eigenvalue weighted by molar-refractivity contribution is 7.15. The SMILES string of the molecule is O=C1C[C@@H](c2ccc(F)cc2)c2sc(C(=O)O)c(-c3ccccc3)c2N1. The van der Waals surface area contributed by atoms with E-state index in [-0.39, 0.29) is 28.9 Å². The summed E-state index contributed by atoms with van der Waals surface area (Å²) in [5.41, 5.74) is 2.60. The van der Waals surface area contributed by atoms with Crippen molar-refractivity contribution in [1.29, 1.82) is 0 Å². The molecule has 26 heavy (non-hydrogen) atoms. The number of halogens is 1. The van der Waals surface area contributed by atoms with Crippen LogP contribution in [0, 0.1) is 5.82 Å². The number of hydrogen-bond acceptors (Lipinski definition) is 3. The van der Waals surface area contributed by atoms with E-state index in [1.807, 2.05) is 30.3 Å². The molecule has 1 atom stereocenters. The smallest absolute Gasteiger partial charge is 0.346 e. The lowest BCUT2D eigenvalue weighted by molar-refractivity contribution is -0.116. The standard InChI is InChI=1S/C20H14FNO3S/c21-13-8-6-11(7-9-13)14-10-15(23)22-17-16(12-4-2-1-3-5-12)19(20(24)25)26-18(14)17/h1-9,14H,10H2,(H,22,23)(H,24,25)/t14-/m0/s1. The minimum atomic E-state index is -1.03. The van der Waals surface area contributed by atoms with Crippen LogP contribution < -0.4 is 5.32 Å². The molecule has 3 aromatic rings. The summed E-state index contributed by atoms with van der Waals surface area (Å²) < 4.78 is 13.3. The van der Waals surface area contributed by atoms with Crippen LogP contribution in [0.2, 0.25) is 0 Å². The third-order valence-corrected chi connectivity index (χ3v) is 5.73. The van der Waals surface area contributed by atoms with Crippen LogP contribution in [0.5, 0.6) is 0 Å². The molecule has 130 valence electrons. The lowest BCUT2D eigenvalue weighted by Crippen LogP contribution is -2.22. The van der Waals surface area contributed by atoms with E-state index in [4.69, 9.17) is 0 Å². The topological polar surface area (TPSA) is 66.4 Å². The highest BCUT2D eigenvalue weighted by Crippen LogP contribution is 2.49. The van der Waals surface area contributed by atoms with Crippen LogP contribution in [-0.4, -0.2) is 17.0 Å². The largest absolute Gasteiger partial charge is 0.477 e. The average Bonchev–Trinajstić information content (AvgIpc) is 3.02. The fourth-order valence-electron chi connectivity index (χ4n) is 3.28. The zero-order valence-electron chi connectivity index (χ0n) is 13.5. The molecule has 6 heteroatoms. The number of fused-ring (bicyclic) bond motifs is 1. The quantitative estimate of drug-likeness (QED) is 0.703. The number of carboxylic acid groups (broad SMARTS) is 1. The second-order valence-electron chi connectivity index (χ2n) is 6.07. The monoisotopic (exact) mass is 367 g/mol.